The SMILES string of the molecule is NC(=NC1CCCC1)NC1(CO)CCOCC1. The van der Waals surface area contributed by atoms with Gasteiger partial charge in [0, 0.05) is 13.2 Å². The van der Waals surface area contributed by atoms with Gasteiger partial charge in [-0.3, -0.25) is 4.99 Å². The molecule has 0 amide bonds. The summed E-state index contributed by atoms with van der Waals surface area (Å²) < 4.78 is 5.31. The Morgan fingerprint density at radius 3 is 2.59 bits per heavy atom. The summed E-state index contributed by atoms with van der Waals surface area (Å²) in [6, 6.07) is 0.373. The van der Waals surface area contributed by atoms with Crippen LogP contribution in [0.5, 0.6) is 0 Å². The fourth-order valence-electron chi connectivity index (χ4n) is 2.62. The Bertz CT molecular complexity index is 269. The van der Waals surface area contributed by atoms with Gasteiger partial charge in [-0.2, -0.15) is 0 Å². The first-order valence-corrected chi connectivity index (χ1v) is 6.54. The van der Waals surface area contributed by atoms with Gasteiger partial charge in [0.25, 0.3) is 0 Å². The highest BCUT2D eigenvalue weighted by molar-refractivity contribution is 5.79. The number of nitrogens with one attached hydrogen (secondary N) is 1. The van der Waals surface area contributed by atoms with Gasteiger partial charge in [0.15, 0.2) is 5.96 Å². The molecule has 4 N–H and O–H groups in total. The Morgan fingerprint density at radius 1 is 1.35 bits per heavy atom. The van der Waals surface area contributed by atoms with Gasteiger partial charge in [-0.1, -0.05) is 12.8 Å². The van der Waals surface area contributed by atoms with E-state index in [1.54, 1.807) is 0 Å². The molecule has 0 bridgehead atoms. The van der Waals surface area contributed by atoms with Gasteiger partial charge in [0.05, 0.1) is 18.2 Å². The van der Waals surface area contributed by atoms with E-state index in [-0.39, 0.29) is 12.1 Å². The third kappa shape index (κ3) is 3.33. The summed E-state index contributed by atoms with van der Waals surface area (Å²) in [6.07, 6.45) is 6.34. The summed E-state index contributed by atoms with van der Waals surface area (Å²) in [5.41, 5.74) is 5.60. The number of aliphatic hydroxyl groups is 1. The number of guanidine groups is 1. The fraction of sp³-hybridized carbons (Fsp3) is 0.917. The molecule has 98 valence electrons. The molecule has 2 fully saturated rings. The van der Waals surface area contributed by atoms with E-state index >= 15 is 0 Å². The first kappa shape index (κ1) is 12.6. The maximum absolute atomic E-state index is 9.52. The Balaban J connectivity index is 1.92. The van der Waals surface area contributed by atoms with Crippen LogP contribution in [0, 0.1) is 0 Å². The maximum atomic E-state index is 9.52. The smallest absolute Gasteiger partial charge is 0.189 e. The molecule has 0 radical (unpaired) electrons. The van der Waals surface area contributed by atoms with E-state index in [9.17, 15) is 5.11 Å². The topological polar surface area (TPSA) is 79.9 Å². The third-order valence-electron chi connectivity index (χ3n) is 3.79. The van der Waals surface area contributed by atoms with E-state index in [0.29, 0.717) is 25.2 Å². The molecule has 5 nitrogen and oxygen atoms in total. The van der Waals surface area contributed by atoms with Crippen molar-refractivity contribution in [2.75, 3.05) is 19.8 Å². The van der Waals surface area contributed by atoms with E-state index in [0.717, 1.165) is 25.7 Å². The van der Waals surface area contributed by atoms with Crippen LogP contribution in [-0.2, 0) is 4.74 Å². The zero-order chi connectivity index (χ0) is 12.1. The van der Waals surface area contributed by atoms with Crippen LogP contribution in [-0.4, -0.2) is 42.5 Å². The highest BCUT2D eigenvalue weighted by atomic mass is 16.5. The number of aliphatic imine (C=N–C) groups is 1. The molecule has 17 heavy (non-hydrogen) atoms. The summed E-state index contributed by atoms with van der Waals surface area (Å²) in [4.78, 5) is 4.49. The average Bonchev–Trinajstić information content (AvgIpc) is 2.83. The Morgan fingerprint density at radius 2 is 2.00 bits per heavy atom. The van der Waals surface area contributed by atoms with Gasteiger partial charge >= 0.3 is 0 Å². The third-order valence-corrected chi connectivity index (χ3v) is 3.79. The zero-order valence-electron chi connectivity index (χ0n) is 10.3. The van der Waals surface area contributed by atoms with Crippen molar-refractivity contribution in [3.8, 4) is 0 Å². The minimum absolute atomic E-state index is 0.0806. The summed E-state index contributed by atoms with van der Waals surface area (Å²) in [6.45, 7) is 1.42. The molecule has 0 atom stereocenters. The number of hydrogen-bond donors (Lipinski definition) is 3. The first-order valence-electron chi connectivity index (χ1n) is 6.54. The Labute approximate surface area is 102 Å². The van der Waals surface area contributed by atoms with Crippen LogP contribution in [0.4, 0.5) is 0 Å². The van der Waals surface area contributed by atoms with Crippen LogP contribution in [0.3, 0.4) is 0 Å². The number of nitrogens with two attached hydrogens (primary N) is 1. The molecular weight excluding hydrogens is 218 g/mol. The quantitative estimate of drug-likeness (QED) is 0.493. The van der Waals surface area contributed by atoms with Crippen LogP contribution < -0.4 is 11.1 Å². The Kier molecular flexibility index (Phi) is 4.23. The normalized spacial score (nSPS) is 26.1. The van der Waals surface area contributed by atoms with Crippen molar-refractivity contribution in [3.05, 3.63) is 0 Å². The fourth-order valence-corrected chi connectivity index (χ4v) is 2.62. The van der Waals surface area contributed by atoms with Crippen LogP contribution in [0.2, 0.25) is 0 Å². The van der Waals surface area contributed by atoms with E-state index in [1.807, 2.05) is 0 Å². The van der Waals surface area contributed by atoms with E-state index in [4.69, 9.17) is 10.5 Å². The van der Waals surface area contributed by atoms with Crippen molar-refractivity contribution in [2.45, 2.75) is 50.1 Å². The summed E-state index contributed by atoms with van der Waals surface area (Å²) in [5.74, 6) is 0.479. The van der Waals surface area contributed by atoms with E-state index in [2.05, 4.69) is 10.3 Å². The summed E-state index contributed by atoms with van der Waals surface area (Å²) in [7, 11) is 0. The van der Waals surface area contributed by atoms with Crippen LogP contribution in [0.15, 0.2) is 4.99 Å². The molecule has 1 saturated carbocycles. The van der Waals surface area contributed by atoms with Crippen LogP contribution >= 0.6 is 0 Å². The number of ether oxygens (including phenoxy) is 1. The first-order chi connectivity index (χ1) is 8.24. The predicted molar refractivity (Wildman–Crippen MR) is 66.9 cm³/mol. The maximum Gasteiger partial charge on any atom is 0.189 e. The molecule has 0 spiro atoms. The molecular formula is C12H23N3O2. The molecule has 1 aliphatic carbocycles. The zero-order valence-corrected chi connectivity index (χ0v) is 10.3. The minimum atomic E-state index is -0.329. The lowest BCUT2D eigenvalue weighted by atomic mass is 9.91. The lowest BCUT2D eigenvalue weighted by molar-refractivity contribution is 0.0204. The number of rotatable bonds is 3. The highest BCUT2D eigenvalue weighted by Gasteiger charge is 2.32. The monoisotopic (exact) mass is 241 g/mol. The molecule has 0 aromatic heterocycles. The molecule has 0 aromatic rings. The van der Waals surface area contributed by atoms with Gasteiger partial charge in [-0.15, -0.1) is 0 Å². The second-order valence-electron chi connectivity index (χ2n) is 5.13. The van der Waals surface area contributed by atoms with Crippen molar-refractivity contribution < 1.29 is 9.84 Å². The largest absolute Gasteiger partial charge is 0.394 e. The van der Waals surface area contributed by atoms with Crippen molar-refractivity contribution in [3.63, 3.8) is 0 Å². The molecule has 0 unspecified atom stereocenters. The van der Waals surface area contributed by atoms with E-state index < -0.39 is 0 Å². The molecule has 1 heterocycles. The second-order valence-corrected chi connectivity index (χ2v) is 5.13. The van der Waals surface area contributed by atoms with Crippen LogP contribution in [0.1, 0.15) is 38.5 Å². The van der Waals surface area contributed by atoms with Crippen molar-refractivity contribution in [1.82, 2.24) is 5.32 Å². The molecule has 1 aliphatic heterocycles. The molecule has 5 heteroatoms. The number of hydrogen-bond acceptors (Lipinski definition) is 3. The van der Waals surface area contributed by atoms with Gasteiger partial charge in [0.2, 0.25) is 0 Å². The standard InChI is InChI=1S/C12H23N3O2/c13-11(14-10-3-1-2-4-10)15-12(9-16)5-7-17-8-6-12/h10,16H,1-9H2,(H3,13,14,15). The predicted octanol–water partition coefficient (Wildman–Crippen LogP) is 0.375. The van der Waals surface area contributed by atoms with Crippen molar-refractivity contribution in [1.29, 1.82) is 0 Å². The van der Waals surface area contributed by atoms with Gasteiger partial charge in [0.1, 0.15) is 0 Å². The van der Waals surface area contributed by atoms with Gasteiger partial charge in [-0.25, -0.2) is 0 Å². The van der Waals surface area contributed by atoms with Crippen molar-refractivity contribution in [2.24, 2.45) is 10.7 Å². The second kappa shape index (κ2) is 5.69. The number of nitrogens with zero attached hydrogens (tertiary/aromatic N) is 1. The Hall–Kier alpha value is -0.810. The van der Waals surface area contributed by atoms with Gasteiger partial charge in [-0.05, 0) is 25.7 Å². The summed E-state index contributed by atoms with van der Waals surface area (Å²) >= 11 is 0. The molecule has 0 aromatic carbocycles. The molecule has 1 saturated heterocycles. The van der Waals surface area contributed by atoms with E-state index in [1.165, 1.54) is 12.8 Å². The average molecular weight is 241 g/mol. The lowest BCUT2D eigenvalue weighted by Crippen LogP contribution is -2.56. The summed E-state index contributed by atoms with van der Waals surface area (Å²) in [5, 5.41) is 12.7. The molecule has 2 aliphatic rings. The highest BCUT2D eigenvalue weighted by Crippen LogP contribution is 2.22. The lowest BCUT2D eigenvalue weighted by Gasteiger charge is -2.36. The molecule has 2 rings (SSSR count). The minimum Gasteiger partial charge on any atom is -0.394 e. The number of aliphatic hydroxyl groups excluding tert-OH is 1. The van der Waals surface area contributed by atoms with Crippen LogP contribution in [0.25, 0.3) is 0 Å². The van der Waals surface area contributed by atoms with Gasteiger partial charge < -0.3 is 20.9 Å². The van der Waals surface area contributed by atoms with Crippen molar-refractivity contribution >= 4 is 5.96 Å².